The third kappa shape index (κ3) is 9.16. The lowest BCUT2D eigenvalue weighted by atomic mass is 10.1. The normalized spacial score (nSPS) is 12.4. The molecule has 0 bridgehead atoms. The maximum absolute atomic E-state index is 12.1. The Hall–Kier alpha value is -0.170. The molecule has 1 aromatic rings. The van der Waals surface area contributed by atoms with E-state index in [4.69, 9.17) is 70.2 Å². The SMILES string of the molecule is CCCCCCC(=O)N[C@@H](NC(=S)Nc1ccc(Cl)cc1Cl)C(Cl)(Cl)Cl. The van der Waals surface area contributed by atoms with Crippen molar-refractivity contribution in [3.8, 4) is 0 Å². The molecule has 0 unspecified atom stereocenters. The van der Waals surface area contributed by atoms with Gasteiger partial charge in [0.15, 0.2) is 5.11 Å². The van der Waals surface area contributed by atoms with Crippen LogP contribution in [0.25, 0.3) is 0 Å². The maximum atomic E-state index is 12.1. The first-order valence-electron chi connectivity index (χ1n) is 8.02. The van der Waals surface area contributed by atoms with Crippen LogP contribution in [-0.2, 0) is 4.79 Å². The molecule has 4 nitrogen and oxygen atoms in total. The summed E-state index contributed by atoms with van der Waals surface area (Å²) in [5.41, 5.74) is 0.530. The lowest BCUT2D eigenvalue weighted by molar-refractivity contribution is -0.122. The molecule has 1 aromatic carbocycles. The van der Waals surface area contributed by atoms with Gasteiger partial charge in [-0.15, -0.1) is 0 Å². The first-order chi connectivity index (χ1) is 12.1. The van der Waals surface area contributed by atoms with Gasteiger partial charge >= 0.3 is 0 Å². The van der Waals surface area contributed by atoms with Crippen molar-refractivity contribution in [3.63, 3.8) is 0 Å². The first-order valence-corrected chi connectivity index (χ1v) is 10.3. The Bertz CT molecular complexity index is 624. The Kier molecular flexibility index (Phi) is 10.7. The minimum absolute atomic E-state index is 0.136. The fraction of sp³-hybridized carbons (Fsp3) is 0.500. The van der Waals surface area contributed by atoms with Crippen LogP contribution in [0.1, 0.15) is 39.0 Å². The largest absolute Gasteiger partial charge is 0.339 e. The minimum Gasteiger partial charge on any atom is -0.339 e. The zero-order valence-electron chi connectivity index (χ0n) is 14.1. The molecular weight excluding hydrogens is 460 g/mol. The number of alkyl halides is 3. The van der Waals surface area contributed by atoms with Crippen LogP contribution in [0.5, 0.6) is 0 Å². The number of carbonyl (C=O) groups excluding carboxylic acids is 1. The number of unbranched alkanes of at least 4 members (excludes halogenated alkanes) is 3. The molecule has 0 saturated carbocycles. The molecule has 0 fully saturated rings. The number of amides is 1. The summed E-state index contributed by atoms with van der Waals surface area (Å²) in [6.45, 7) is 2.10. The summed E-state index contributed by atoms with van der Waals surface area (Å²) in [5, 5.41) is 9.32. The van der Waals surface area contributed by atoms with E-state index in [1.807, 2.05) is 0 Å². The highest BCUT2D eigenvalue weighted by molar-refractivity contribution is 7.80. The molecule has 1 atom stereocenters. The summed E-state index contributed by atoms with van der Waals surface area (Å²) in [4.78, 5) is 12.1. The number of nitrogens with one attached hydrogen (secondary N) is 3. The molecular formula is C16H20Cl5N3OS. The molecule has 1 rings (SSSR count). The molecule has 3 N–H and O–H groups in total. The van der Waals surface area contributed by atoms with Gasteiger partial charge in [-0.1, -0.05) is 84.2 Å². The number of halogens is 5. The van der Waals surface area contributed by atoms with E-state index in [9.17, 15) is 4.79 Å². The van der Waals surface area contributed by atoms with E-state index in [1.165, 1.54) is 0 Å². The third-order valence-corrected chi connectivity index (χ3v) is 4.77. The van der Waals surface area contributed by atoms with Gasteiger partial charge < -0.3 is 16.0 Å². The average molecular weight is 480 g/mol. The van der Waals surface area contributed by atoms with E-state index in [0.29, 0.717) is 22.2 Å². The van der Waals surface area contributed by atoms with Crippen LogP contribution in [0.15, 0.2) is 18.2 Å². The second kappa shape index (κ2) is 11.6. The predicted molar refractivity (Wildman–Crippen MR) is 117 cm³/mol. The van der Waals surface area contributed by atoms with Gasteiger partial charge in [0.1, 0.15) is 6.17 Å². The first kappa shape index (κ1) is 23.9. The van der Waals surface area contributed by atoms with Crippen LogP contribution in [-0.4, -0.2) is 21.0 Å². The molecule has 146 valence electrons. The van der Waals surface area contributed by atoms with E-state index in [0.717, 1.165) is 25.7 Å². The van der Waals surface area contributed by atoms with Gasteiger partial charge in [-0.05, 0) is 36.8 Å². The van der Waals surface area contributed by atoms with E-state index in [1.54, 1.807) is 18.2 Å². The lowest BCUT2D eigenvalue weighted by Gasteiger charge is -2.28. The number of hydrogen-bond acceptors (Lipinski definition) is 2. The van der Waals surface area contributed by atoms with Gasteiger partial charge in [0.25, 0.3) is 0 Å². The highest BCUT2D eigenvalue weighted by Crippen LogP contribution is 2.30. The van der Waals surface area contributed by atoms with E-state index in [2.05, 4.69) is 22.9 Å². The Morgan fingerprint density at radius 2 is 1.85 bits per heavy atom. The van der Waals surface area contributed by atoms with Gasteiger partial charge in [-0.3, -0.25) is 4.79 Å². The second-order valence-corrected chi connectivity index (χ2v) is 9.20. The van der Waals surface area contributed by atoms with Crippen LogP contribution in [0.4, 0.5) is 5.69 Å². The van der Waals surface area contributed by atoms with Crippen molar-refractivity contribution in [1.82, 2.24) is 10.6 Å². The summed E-state index contributed by atoms with van der Waals surface area (Å²) in [6, 6.07) is 4.89. The molecule has 0 saturated heterocycles. The molecule has 0 aliphatic carbocycles. The summed E-state index contributed by atoms with van der Waals surface area (Å²) >= 11 is 35.0. The van der Waals surface area contributed by atoms with E-state index >= 15 is 0 Å². The smallest absolute Gasteiger partial charge is 0.228 e. The van der Waals surface area contributed by atoms with Crippen molar-refractivity contribution < 1.29 is 4.79 Å². The number of anilines is 1. The van der Waals surface area contributed by atoms with Crippen LogP contribution in [0.2, 0.25) is 10.0 Å². The Morgan fingerprint density at radius 3 is 2.42 bits per heavy atom. The monoisotopic (exact) mass is 477 g/mol. The Balaban J connectivity index is 2.63. The molecule has 0 radical (unpaired) electrons. The zero-order chi connectivity index (χ0) is 19.7. The Morgan fingerprint density at radius 1 is 1.15 bits per heavy atom. The molecule has 0 spiro atoms. The molecule has 0 heterocycles. The van der Waals surface area contributed by atoms with Gasteiger partial charge in [0, 0.05) is 11.4 Å². The van der Waals surface area contributed by atoms with Crippen LogP contribution in [0.3, 0.4) is 0 Å². The summed E-state index contributed by atoms with van der Waals surface area (Å²) in [7, 11) is 0. The number of benzene rings is 1. The molecule has 0 aromatic heterocycles. The predicted octanol–water partition coefficient (Wildman–Crippen LogP) is 6.06. The molecule has 0 aliphatic heterocycles. The van der Waals surface area contributed by atoms with Crippen molar-refractivity contribution >= 4 is 86.9 Å². The molecule has 0 aliphatic rings. The van der Waals surface area contributed by atoms with E-state index in [-0.39, 0.29) is 11.0 Å². The summed E-state index contributed by atoms with van der Waals surface area (Å²) < 4.78 is -1.80. The number of rotatable bonds is 8. The molecule has 1 amide bonds. The average Bonchev–Trinajstić information content (AvgIpc) is 2.53. The summed E-state index contributed by atoms with van der Waals surface area (Å²) in [6.07, 6.45) is 3.27. The Labute approximate surface area is 184 Å². The minimum atomic E-state index is -1.80. The maximum Gasteiger partial charge on any atom is 0.228 e. The number of hydrogen-bond donors (Lipinski definition) is 3. The van der Waals surface area contributed by atoms with Crippen molar-refractivity contribution in [1.29, 1.82) is 0 Å². The van der Waals surface area contributed by atoms with Crippen LogP contribution >= 0.6 is 70.2 Å². The number of carbonyl (C=O) groups is 1. The van der Waals surface area contributed by atoms with E-state index < -0.39 is 9.96 Å². The number of thiocarbonyl (C=S) groups is 1. The van der Waals surface area contributed by atoms with Gasteiger partial charge in [0.05, 0.1) is 10.7 Å². The van der Waals surface area contributed by atoms with Crippen LogP contribution in [0, 0.1) is 0 Å². The second-order valence-electron chi connectivity index (χ2n) is 5.58. The fourth-order valence-corrected chi connectivity index (χ4v) is 3.04. The quantitative estimate of drug-likeness (QED) is 0.184. The fourth-order valence-electron chi connectivity index (χ4n) is 2.03. The summed E-state index contributed by atoms with van der Waals surface area (Å²) in [5.74, 6) is -0.225. The highest BCUT2D eigenvalue weighted by atomic mass is 35.6. The standard InChI is InChI=1S/C16H20Cl5N3OS/c1-2-3-4-5-6-13(25)23-14(16(19,20)21)24-15(26)22-12-8-7-10(17)9-11(12)18/h7-9,14H,2-6H2,1H3,(H,23,25)(H2,22,24,26)/t14-/m0/s1. The van der Waals surface area contributed by atoms with Crippen molar-refractivity contribution in [2.75, 3.05) is 5.32 Å². The third-order valence-electron chi connectivity index (χ3n) is 3.34. The van der Waals surface area contributed by atoms with Crippen molar-refractivity contribution in [3.05, 3.63) is 28.2 Å². The highest BCUT2D eigenvalue weighted by Gasteiger charge is 2.34. The molecule has 26 heavy (non-hydrogen) atoms. The zero-order valence-corrected chi connectivity index (χ0v) is 18.6. The topological polar surface area (TPSA) is 53.2 Å². The van der Waals surface area contributed by atoms with Gasteiger partial charge in [-0.2, -0.15) is 0 Å². The van der Waals surface area contributed by atoms with Crippen LogP contribution < -0.4 is 16.0 Å². The van der Waals surface area contributed by atoms with Crippen molar-refractivity contribution in [2.24, 2.45) is 0 Å². The van der Waals surface area contributed by atoms with Crippen molar-refractivity contribution in [2.45, 2.75) is 49.0 Å². The van der Waals surface area contributed by atoms with Gasteiger partial charge in [0.2, 0.25) is 9.70 Å². The molecule has 10 heteroatoms. The lowest BCUT2D eigenvalue weighted by Crippen LogP contribution is -2.56. The van der Waals surface area contributed by atoms with Gasteiger partial charge in [-0.25, -0.2) is 0 Å².